The smallest absolute Gasteiger partial charge is 0.321 e. The molecule has 1 N–H and O–H groups in total. The Balaban J connectivity index is 0.00000220. The van der Waals surface area contributed by atoms with E-state index in [0.29, 0.717) is 6.01 Å². The van der Waals surface area contributed by atoms with Gasteiger partial charge in [0.2, 0.25) is 0 Å². The Hall–Kier alpha value is -1.65. The van der Waals surface area contributed by atoms with Crippen molar-refractivity contribution in [2.75, 3.05) is 0 Å². The molecule has 5 heteroatoms. The van der Waals surface area contributed by atoms with E-state index in [2.05, 4.69) is 42.1 Å². The van der Waals surface area contributed by atoms with E-state index in [0.717, 1.165) is 18.7 Å². The number of nitrogens with zero attached hydrogens (tertiary/aromatic N) is 2. The number of rotatable bonds is 6. The van der Waals surface area contributed by atoms with Crippen molar-refractivity contribution < 1.29 is 4.74 Å². The molecule has 114 valence electrons. The molecule has 0 aliphatic rings. The predicted octanol–water partition coefficient (Wildman–Crippen LogP) is 3.97. The number of benzene rings is 1. The van der Waals surface area contributed by atoms with Crippen LogP contribution in [0.2, 0.25) is 0 Å². The van der Waals surface area contributed by atoms with Crippen LogP contribution < -0.4 is 10.1 Å². The molecule has 0 aliphatic heterocycles. The van der Waals surface area contributed by atoms with E-state index in [1.165, 1.54) is 5.56 Å². The van der Waals surface area contributed by atoms with Gasteiger partial charge in [0.15, 0.2) is 0 Å². The highest BCUT2D eigenvalue weighted by Gasteiger charge is 2.13. The van der Waals surface area contributed by atoms with Crippen LogP contribution in [0.25, 0.3) is 0 Å². The predicted molar refractivity (Wildman–Crippen MR) is 87.0 cm³/mol. The zero-order chi connectivity index (χ0) is 14.4. The maximum Gasteiger partial charge on any atom is 0.321 e. The molecule has 21 heavy (non-hydrogen) atoms. The summed E-state index contributed by atoms with van der Waals surface area (Å²) in [5.41, 5.74) is 1.32. The number of nitrogens with one attached hydrogen (secondary N) is 1. The lowest BCUT2D eigenvalue weighted by Crippen LogP contribution is -2.37. The molecule has 0 unspecified atom stereocenters. The first-order valence-corrected chi connectivity index (χ1v) is 6.88. The molecule has 0 radical (unpaired) electrons. The highest BCUT2D eigenvalue weighted by molar-refractivity contribution is 5.85. The van der Waals surface area contributed by atoms with Crippen molar-refractivity contribution >= 4 is 12.4 Å². The number of hydrogen-bond acceptors (Lipinski definition) is 4. The molecule has 0 atom stereocenters. The Kier molecular flexibility index (Phi) is 6.59. The number of aromatic nitrogens is 2. The summed E-state index contributed by atoms with van der Waals surface area (Å²) in [6.45, 7) is 7.39. The number of halogens is 1. The van der Waals surface area contributed by atoms with E-state index in [4.69, 9.17) is 4.74 Å². The van der Waals surface area contributed by atoms with E-state index in [-0.39, 0.29) is 17.9 Å². The van der Waals surface area contributed by atoms with Crippen molar-refractivity contribution in [1.82, 2.24) is 15.3 Å². The van der Waals surface area contributed by atoms with Crippen molar-refractivity contribution in [3.8, 4) is 11.8 Å². The van der Waals surface area contributed by atoms with Gasteiger partial charge < -0.3 is 10.1 Å². The second kappa shape index (κ2) is 7.96. The third kappa shape index (κ3) is 5.69. The molecule has 0 spiro atoms. The van der Waals surface area contributed by atoms with Gasteiger partial charge in [-0.15, -0.1) is 12.4 Å². The Labute approximate surface area is 132 Å². The summed E-state index contributed by atoms with van der Waals surface area (Å²) in [6, 6.07) is 10.1. The Morgan fingerprint density at radius 1 is 1.14 bits per heavy atom. The minimum Gasteiger partial charge on any atom is -0.424 e. The van der Waals surface area contributed by atoms with E-state index in [1.54, 1.807) is 18.5 Å². The quantitative estimate of drug-likeness (QED) is 0.877. The van der Waals surface area contributed by atoms with Crippen LogP contribution in [-0.2, 0) is 6.54 Å². The summed E-state index contributed by atoms with van der Waals surface area (Å²) >= 11 is 0. The third-order valence-corrected chi connectivity index (χ3v) is 3.30. The second-order valence-electron chi connectivity index (χ2n) is 5.37. The first kappa shape index (κ1) is 17.4. The lowest BCUT2D eigenvalue weighted by Gasteiger charge is -2.24. The number of hydrogen-bond donors (Lipinski definition) is 1. The van der Waals surface area contributed by atoms with Crippen molar-refractivity contribution in [3.05, 3.63) is 48.3 Å². The Morgan fingerprint density at radius 3 is 2.52 bits per heavy atom. The molecular formula is C16H22ClN3O. The summed E-state index contributed by atoms with van der Waals surface area (Å²) in [5.74, 6) is 0.754. The van der Waals surface area contributed by atoms with Gasteiger partial charge in [-0.25, -0.2) is 9.97 Å². The summed E-state index contributed by atoms with van der Waals surface area (Å²) < 4.78 is 5.63. The average Bonchev–Trinajstić information content (AvgIpc) is 2.47. The average molecular weight is 308 g/mol. The van der Waals surface area contributed by atoms with Gasteiger partial charge in [-0.3, -0.25) is 0 Å². The molecule has 0 bridgehead atoms. The summed E-state index contributed by atoms with van der Waals surface area (Å²) in [7, 11) is 0. The molecule has 0 saturated heterocycles. The van der Waals surface area contributed by atoms with Crippen LogP contribution in [0.15, 0.2) is 42.7 Å². The Morgan fingerprint density at radius 2 is 1.86 bits per heavy atom. The van der Waals surface area contributed by atoms with Gasteiger partial charge in [0.25, 0.3) is 0 Å². The van der Waals surface area contributed by atoms with Crippen molar-refractivity contribution in [2.45, 2.75) is 39.3 Å². The van der Waals surface area contributed by atoms with Crippen LogP contribution in [0.3, 0.4) is 0 Å². The van der Waals surface area contributed by atoms with Crippen LogP contribution in [-0.4, -0.2) is 15.5 Å². The third-order valence-electron chi connectivity index (χ3n) is 3.30. The summed E-state index contributed by atoms with van der Waals surface area (Å²) in [5, 5.41) is 3.53. The normalized spacial score (nSPS) is 10.8. The van der Waals surface area contributed by atoms with Crippen molar-refractivity contribution in [1.29, 1.82) is 0 Å². The summed E-state index contributed by atoms with van der Waals surface area (Å²) in [6.07, 6.45) is 4.41. The molecule has 0 aliphatic carbocycles. The van der Waals surface area contributed by atoms with E-state index < -0.39 is 0 Å². The van der Waals surface area contributed by atoms with Gasteiger partial charge in [-0.2, -0.15) is 0 Å². The van der Waals surface area contributed by atoms with E-state index >= 15 is 0 Å². The minimum absolute atomic E-state index is 0. The Bertz CT molecular complexity index is 546. The standard InChI is InChI=1S/C16H21N3O.ClH/c1-4-16(2,3)19-12-13-7-5-8-14(11-13)20-15-17-9-6-10-18-15;/h5-11,19H,4,12H2,1-3H3;1H. The fourth-order valence-electron chi connectivity index (χ4n) is 1.63. The van der Waals surface area contributed by atoms with E-state index in [9.17, 15) is 0 Å². The van der Waals surface area contributed by atoms with Crippen LogP contribution in [0.5, 0.6) is 11.8 Å². The monoisotopic (exact) mass is 307 g/mol. The molecule has 1 heterocycles. The van der Waals surface area contributed by atoms with Crippen LogP contribution in [0.1, 0.15) is 32.8 Å². The maximum atomic E-state index is 5.63. The van der Waals surface area contributed by atoms with Crippen molar-refractivity contribution in [3.63, 3.8) is 0 Å². The fourth-order valence-corrected chi connectivity index (χ4v) is 1.63. The molecule has 0 fully saturated rings. The minimum atomic E-state index is 0. The number of ether oxygens (including phenoxy) is 1. The largest absolute Gasteiger partial charge is 0.424 e. The van der Waals surface area contributed by atoms with Gasteiger partial charge in [0, 0.05) is 24.5 Å². The first-order chi connectivity index (χ1) is 9.59. The highest BCUT2D eigenvalue weighted by atomic mass is 35.5. The van der Waals surface area contributed by atoms with Gasteiger partial charge >= 0.3 is 6.01 Å². The van der Waals surface area contributed by atoms with Gasteiger partial charge in [-0.1, -0.05) is 19.1 Å². The first-order valence-electron chi connectivity index (χ1n) is 6.88. The lowest BCUT2D eigenvalue weighted by molar-refractivity contribution is 0.374. The van der Waals surface area contributed by atoms with E-state index in [1.807, 2.05) is 18.2 Å². The lowest BCUT2D eigenvalue weighted by atomic mass is 10.0. The zero-order valence-corrected chi connectivity index (χ0v) is 13.5. The van der Waals surface area contributed by atoms with Gasteiger partial charge in [0.05, 0.1) is 0 Å². The van der Waals surface area contributed by atoms with Crippen LogP contribution in [0, 0.1) is 0 Å². The molecule has 1 aromatic carbocycles. The highest BCUT2D eigenvalue weighted by Crippen LogP contribution is 2.19. The molecular weight excluding hydrogens is 286 g/mol. The molecule has 0 saturated carbocycles. The van der Waals surface area contributed by atoms with Gasteiger partial charge in [0.1, 0.15) is 5.75 Å². The SMILES string of the molecule is CCC(C)(C)NCc1cccc(Oc2ncccn2)c1.Cl. The molecule has 2 aromatic rings. The second-order valence-corrected chi connectivity index (χ2v) is 5.37. The fraction of sp³-hybridized carbons (Fsp3) is 0.375. The molecule has 4 nitrogen and oxygen atoms in total. The molecule has 0 amide bonds. The maximum absolute atomic E-state index is 5.63. The molecule has 1 aromatic heterocycles. The van der Waals surface area contributed by atoms with Crippen LogP contribution >= 0.6 is 12.4 Å². The summed E-state index contributed by atoms with van der Waals surface area (Å²) in [4.78, 5) is 8.11. The topological polar surface area (TPSA) is 47.0 Å². The zero-order valence-electron chi connectivity index (χ0n) is 12.7. The van der Waals surface area contributed by atoms with Gasteiger partial charge in [-0.05, 0) is 44.0 Å². The van der Waals surface area contributed by atoms with Crippen molar-refractivity contribution in [2.24, 2.45) is 0 Å². The van der Waals surface area contributed by atoms with Crippen LogP contribution in [0.4, 0.5) is 0 Å². The molecule has 2 rings (SSSR count).